The predicted octanol–water partition coefficient (Wildman–Crippen LogP) is 3.79. The molecule has 2 atom stereocenters. The van der Waals surface area contributed by atoms with Crippen molar-refractivity contribution in [3.05, 3.63) is 70.3 Å². The Bertz CT molecular complexity index is 745. The van der Waals surface area contributed by atoms with Crippen LogP contribution in [-0.4, -0.2) is 16.3 Å². The van der Waals surface area contributed by atoms with E-state index in [1.807, 2.05) is 12.1 Å². The molecular weight excluding hydrogens is 272 g/mol. The van der Waals surface area contributed by atoms with Gasteiger partial charge in [0.2, 0.25) is 0 Å². The number of benzene rings is 2. The lowest BCUT2D eigenvalue weighted by Gasteiger charge is -2.33. The van der Waals surface area contributed by atoms with Crippen LogP contribution in [-0.2, 0) is 12.8 Å². The first-order valence-electron chi connectivity index (χ1n) is 8.03. The molecule has 2 nitrogen and oxygen atoms in total. The molecule has 0 aliphatic heterocycles. The fourth-order valence-electron chi connectivity index (χ4n) is 3.98. The number of phenols is 1. The summed E-state index contributed by atoms with van der Waals surface area (Å²) < 4.78 is 0. The maximum Gasteiger partial charge on any atom is 0.119 e. The Morgan fingerprint density at radius 2 is 1.86 bits per heavy atom. The molecule has 22 heavy (non-hydrogen) atoms. The van der Waals surface area contributed by atoms with Crippen molar-refractivity contribution < 1.29 is 10.2 Å². The van der Waals surface area contributed by atoms with Gasteiger partial charge in [-0.05, 0) is 54.0 Å². The molecular formula is C20H20O2. The molecule has 2 aliphatic rings. The number of phenolic OH excluding ortho intramolecular Hbond substituents is 1. The van der Waals surface area contributed by atoms with E-state index in [-0.39, 0.29) is 5.92 Å². The quantitative estimate of drug-likeness (QED) is 0.839. The largest absolute Gasteiger partial charge is 0.508 e. The van der Waals surface area contributed by atoms with E-state index < -0.39 is 6.10 Å². The summed E-state index contributed by atoms with van der Waals surface area (Å²) in [6.07, 6.45) is 7.45. The molecule has 0 heterocycles. The summed E-state index contributed by atoms with van der Waals surface area (Å²) in [6.45, 7) is 0. The van der Waals surface area contributed by atoms with Crippen LogP contribution in [0.2, 0.25) is 0 Å². The van der Waals surface area contributed by atoms with Crippen LogP contribution in [0.25, 0.3) is 6.08 Å². The van der Waals surface area contributed by atoms with Gasteiger partial charge < -0.3 is 10.2 Å². The van der Waals surface area contributed by atoms with Crippen molar-refractivity contribution in [1.29, 1.82) is 0 Å². The highest BCUT2D eigenvalue weighted by molar-refractivity contribution is 5.63. The highest BCUT2D eigenvalue weighted by Crippen LogP contribution is 2.44. The molecule has 2 N–H and O–H groups in total. The average Bonchev–Trinajstić information content (AvgIpc) is 2.56. The number of aryl methyl sites for hydroxylation is 1. The minimum atomic E-state index is -0.432. The molecule has 0 radical (unpaired) electrons. The monoisotopic (exact) mass is 292 g/mol. The van der Waals surface area contributed by atoms with Crippen molar-refractivity contribution in [2.75, 3.05) is 0 Å². The zero-order valence-electron chi connectivity index (χ0n) is 12.5. The Hall–Kier alpha value is -2.06. The van der Waals surface area contributed by atoms with E-state index in [4.69, 9.17) is 0 Å². The molecule has 0 aromatic heterocycles. The molecule has 2 heteroatoms. The highest BCUT2D eigenvalue weighted by Gasteiger charge is 2.33. The van der Waals surface area contributed by atoms with E-state index in [0.29, 0.717) is 5.75 Å². The summed E-state index contributed by atoms with van der Waals surface area (Å²) in [5.74, 6) is 0.196. The van der Waals surface area contributed by atoms with E-state index in [9.17, 15) is 10.2 Å². The maximum atomic E-state index is 10.7. The number of hydrogen-bond acceptors (Lipinski definition) is 2. The topological polar surface area (TPSA) is 40.5 Å². The average molecular weight is 292 g/mol. The van der Waals surface area contributed by atoms with Gasteiger partial charge in [0, 0.05) is 11.5 Å². The third kappa shape index (κ3) is 2.06. The Morgan fingerprint density at radius 1 is 1.00 bits per heavy atom. The van der Waals surface area contributed by atoms with Gasteiger partial charge in [0.05, 0.1) is 6.10 Å². The smallest absolute Gasteiger partial charge is 0.119 e. The van der Waals surface area contributed by atoms with Crippen molar-refractivity contribution in [3.63, 3.8) is 0 Å². The van der Waals surface area contributed by atoms with Crippen LogP contribution < -0.4 is 0 Å². The Balaban J connectivity index is 1.94. The fourth-order valence-corrected chi connectivity index (χ4v) is 3.98. The molecule has 0 bridgehead atoms. The van der Waals surface area contributed by atoms with Gasteiger partial charge >= 0.3 is 0 Å². The molecule has 1 unspecified atom stereocenters. The van der Waals surface area contributed by atoms with Crippen LogP contribution in [0.1, 0.15) is 46.6 Å². The van der Waals surface area contributed by atoms with Gasteiger partial charge in [0.15, 0.2) is 0 Å². The SMILES string of the molecule is Oc1ccc2c(c1[C@H]1c3ccccc3CCC1O)CCC=C2. The highest BCUT2D eigenvalue weighted by atomic mass is 16.3. The van der Waals surface area contributed by atoms with Gasteiger partial charge in [-0.15, -0.1) is 0 Å². The van der Waals surface area contributed by atoms with Gasteiger partial charge in [0.1, 0.15) is 5.75 Å². The summed E-state index contributed by atoms with van der Waals surface area (Å²) >= 11 is 0. The van der Waals surface area contributed by atoms with Gasteiger partial charge in [-0.25, -0.2) is 0 Å². The summed E-state index contributed by atoms with van der Waals surface area (Å²) in [5.41, 5.74) is 5.76. The zero-order chi connectivity index (χ0) is 15.1. The van der Waals surface area contributed by atoms with E-state index in [1.165, 1.54) is 22.3 Å². The van der Waals surface area contributed by atoms with Crippen molar-refractivity contribution in [1.82, 2.24) is 0 Å². The first kappa shape index (κ1) is 13.6. The van der Waals surface area contributed by atoms with Crippen LogP contribution in [0.3, 0.4) is 0 Å². The van der Waals surface area contributed by atoms with Crippen LogP contribution in [0.5, 0.6) is 5.75 Å². The first-order chi connectivity index (χ1) is 10.8. The number of rotatable bonds is 1. The Labute approximate surface area is 130 Å². The van der Waals surface area contributed by atoms with Gasteiger partial charge in [-0.2, -0.15) is 0 Å². The van der Waals surface area contributed by atoms with Crippen molar-refractivity contribution >= 4 is 6.08 Å². The lowest BCUT2D eigenvalue weighted by atomic mass is 9.74. The predicted molar refractivity (Wildman–Crippen MR) is 88.1 cm³/mol. The van der Waals surface area contributed by atoms with Gasteiger partial charge in [-0.1, -0.05) is 42.5 Å². The number of allylic oxidation sites excluding steroid dienone is 1. The van der Waals surface area contributed by atoms with Gasteiger partial charge in [0.25, 0.3) is 0 Å². The first-order valence-corrected chi connectivity index (χ1v) is 8.03. The standard InChI is InChI=1S/C20H20O2/c21-17-11-9-13-5-1-3-7-15(13)19(17)20-16-8-4-2-6-14(16)10-12-18(20)22/h1-3,5-7,10,12,17,19,21-22H,4,8-9,11H2/t17?,19-/m0/s1. The number of aromatic hydroxyl groups is 1. The third-order valence-corrected chi connectivity index (χ3v) is 5.02. The minimum Gasteiger partial charge on any atom is -0.508 e. The van der Waals surface area contributed by atoms with Crippen molar-refractivity contribution in [3.8, 4) is 5.75 Å². The molecule has 112 valence electrons. The van der Waals surface area contributed by atoms with Crippen LogP contribution in [0.4, 0.5) is 0 Å². The number of fused-ring (bicyclic) bond motifs is 2. The summed E-state index contributed by atoms with van der Waals surface area (Å²) in [6, 6.07) is 12.1. The maximum absolute atomic E-state index is 10.7. The van der Waals surface area contributed by atoms with Gasteiger partial charge in [-0.3, -0.25) is 0 Å². The van der Waals surface area contributed by atoms with Crippen molar-refractivity contribution in [2.24, 2.45) is 0 Å². The number of aliphatic hydroxyl groups excluding tert-OH is 1. The molecule has 2 aliphatic carbocycles. The van der Waals surface area contributed by atoms with E-state index in [0.717, 1.165) is 31.2 Å². The van der Waals surface area contributed by atoms with Crippen LogP contribution >= 0.6 is 0 Å². The van der Waals surface area contributed by atoms with Crippen LogP contribution in [0, 0.1) is 0 Å². The van der Waals surface area contributed by atoms with E-state index in [1.54, 1.807) is 6.07 Å². The summed E-state index contributed by atoms with van der Waals surface area (Å²) in [5, 5.41) is 21.2. The fraction of sp³-hybridized carbons (Fsp3) is 0.300. The molecule has 4 rings (SSSR count). The van der Waals surface area contributed by atoms with E-state index >= 15 is 0 Å². The normalized spacial score (nSPS) is 23.0. The molecule has 0 saturated heterocycles. The molecule has 2 aromatic carbocycles. The van der Waals surface area contributed by atoms with Crippen molar-refractivity contribution in [2.45, 2.75) is 37.7 Å². The molecule has 0 amide bonds. The molecule has 0 saturated carbocycles. The van der Waals surface area contributed by atoms with E-state index in [2.05, 4.69) is 30.4 Å². The second-order valence-corrected chi connectivity index (χ2v) is 6.29. The molecule has 2 aromatic rings. The lowest BCUT2D eigenvalue weighted by Crippen LogP contribution is -2.27. The molecule has 0 fully saturated rings. The second kappa shape index (κ2) is 5.29. The minimum absolute atomic E-state index is 0.119. The summed E-state index contributed by atoms with van der Waals surface area (Å²) in [7, 11) is 0. The lowest BCUT2D eigenvalue weighted by molar-refractivity contribution is 0.138. The second-order valence-electron chi connectivity index (χ2n) is 6.29. The Kier molecular flexibility index (Phi) is 3.27. The molecule has 0 spiro atoms. The summed E-state index contributed by atoms with van der Waals surface area (Å²) in [4.78, 5) is 0. The number of hydrogen-bond donors (Lipinski definition) is 2. The number of aliphatic hydroxyl groups is 1. The van der Waals surface area contributed by atoms with Crippen LogP contribution in [0.15, 0.2) is 42.5 Å². The Morgan fingerprint density at radius 3 is 2.77 bits per heavy atom. The third-order valence-electron chi connectivity index (χ3n) is 5.02. The zero-order valence-corrected chi connectivity index (χ0v) is 12.5.